The number of rotatable bonds is 6. The van der Waals surface area contributed by atoms with Crippen molar-refractivity contribution in [2.24, 2.45) is 0 Å². The highest BCUT2D eigenvalue weighted by molar-refractivity contribution is 6.01. The molecule has 1 saturated carbocycles. The van der Waals surface area contributed by atoms with Crippen LogP contribution in [0.15, 0.2) is 24.3 Å². The molecule has 3 heterocycles. The molecule has 0 bridgehead atoms. The summed E-state index contributed by atoms with van der Waals surface area (Å²) in [4.78, 5) is 46.1. The van der Waals surface area contributed by atoms with Gasteiger partial charge < -0.3 is 24.6 Å². The lowest BCUT2D eigenvalue weighted by molar-refractivity contribution is -0.142. The Hall–Kier alpha value is -2.49. The number of hydrogen-bond donors (Lipinski definition) is 1. The monoisotopic (exact) mass is 498 g/mol. The maximum atomic E-state index is 13.9. The molecular weight excluding hydrogens is 460 g/mol. The number of amides is 2. The van der Waals surface area contributed by atoms with Crippen LogP contribution in [0.25, 0.3) is 0 Å². The van der Waals surface area contributed by atoms with E-state index in [1.807, 2.05) is 24.3 Å². The summed E-state index contributed by atoms with van der Waals surface area (Å²) < 4.78 is 11.1. The van der Waals surface area contributed by atoms with Crippen LogP contribution in [-0.4, -0.2) is 104 Å². The van der Waals surface area contributed by atoms with E-state index in [1.165, 1.54) is 0 Å². The van der Waals surface area contributed by atoms with Crippen molar-refractivity contribution in [2.45, 2.75) is 69.4 Å². The third-order valence-electron chi connectivity index (χ3n) is 8.46. The maximum absolute atomic E-state index is 13.9. The van der Waals surface area contributed by atoms with Gasteiger partial charge in [0.2, 0.25) is 5.91 Å². The second-order valence-electron chi connectivity index (χ2n) is 10.8. The first-order valence-corrected chi connectivity index (χ1v) is 13.2. The number of ketones is 1. The highest BCUT2D eigenvalue weighted by Gasteiger charge is 2.56. The normalized spacial score (nSPS) is 28.1. The zero-order valence-corrected chi connectivity index (χ0v) is 21.6. The maximum Gasteiger partial charge on any atom is 0.252 e. The van der Waals surface area contributed by atoms with Gasteiger partial charge in [-0.2, -0.15) is 0 Å². The van der Waals surface area contributed by atoms with E-state index in [4.69, 9.17) is 9.47 Å². The summed E-state index contributed by atoms with van der Waals surface area (Å²) in [6.07, 6.45) is 2.07. The largest absolute Gasteiger partial charge is 0.377 e. The van der Waals surface area contributed by atoms with Crippen LogP contribution < -0.4 is 10.2 Å². The Morgan fingerprint density at radius 1 is 1.08 bits per heavy atom. The van der Waals surface area contributed by atoms with Gasteiger partial charge in [0.15, 0.2) is 5.78 Å². The zero-order chi connectivity index (χ0) is 25.4. The number of benzene rings is 1. The molecule has 4 fully saturated rings. The van der Waals surface area contributed by atoms with Crippen molar-refractivity contribution >= 4 is 23.3 Å². The molecule has 9 heteroatoms. The van der Waals surface area contributed by atoms with Crippen LogP contribution in [-0.2, 0) is 19.1 Å². The zero-order valence-electron chi connectivity index (χ0n) is 21.6. The summed E-state index contributed by atoms with van der Waals surface area (Å²) in [7, 11) is 1.57. The van der Waals surface area contributed by atoms with E-state index >= 15 is 0 Å². The van der Waals surface area contributed by atoms with E-state index in [-0.39, 0.29) is 30.3 Å². The molecular formula is C27H38N4O5. The number of hydrogen-bond acceptors (Lipinski definition) is 7. The summed E-state index contributed by atoms with van der Waals surface area (Å²) >= 11 is 0. The highest BCUT2D eigenvalue weighted by Crippen LogP contribution is 2.37. The number of anilines is 1. The Balaban J connectivity index is 1.28. The minimum absolute atomic E-state index is 0.00278. The number of carbonyl (C=O) groups excluding carboxylic acids is 3. The van der Waals surface area contributed by atoms with Gasteiger partial charge in [0.05, 0.1) is 6.54 Å². The van der Waals surface area contributed by atoms with Crippen molar-refractivity contribution in [2.75, 3.05) is 51.3 Å². The van der Waals surface area contributed by atoms with Crippen LogP contribution in [0.3, 0.4) is 0 Å². The van der Waals surface area contributed by atoms with Crippen molar-refractivity contribution in [3.8, 4) is 0 Å². The number of Topliss-reactive ketones (excluding diaryl/α,β-unsaturated/α-hetero) is 1. The number of nitrogens with one attached hydrogen (secondary N) is 1. The van der Waals surface area contributed by atoms with E-state index in [9.17, 15) is 14.4 Å². The van der Waals surface area contributed by atoms with Crippen LogP contribution in [0.5, 0.6) is 0 Å². The van der Waals surface area contributed by atoms with Crippen molar-refractivity contribution in [3.63, 3.8) is 0 Å². The van der Waals surface area contributed by atoms with Crippen molar-refractivity contribution in [1.82, 2.24) is 15.1 Å². The predicted octanol–water partition coefficient (Wildman–Crippen LogP) is 1.45. The lowest BCUT2D eigenvalue weighted by Gasteiger charge is -2.38. The average Bonchev–Trinajstić information content (AvgIpc) is 3.61. The van der Waals surface area contributed by atoms with Crippen LogP contribution >= 0.6 is 0 Å². The first-order valence-electron chi connectivity index (χ1n) is 13.2. The van der Waals surface area contributed by atoms with E-state index in [1.54, 1.807) is 12.0 Å². The van der Waals surface area contributed by atoms with Crippen molar-refractivity contribution < 1.29 is 23.9 Å². The number of likely N-dealkylation sites (tertiary alicyclic amines) is 1. The lowest BCUT2D eigenvalue weighted by atomic mass is 9.93. The van der Waals surface area contributed by atoms with Crippen molar-refractivity contribution in [3.05, 3.63) is 29.8 Å². The van der Waals surface area contributed by atoms with Gasteiger partial charge in [0.25, 0.3) is 5.91 Å². The molecule has 36 heavy (non-hydrogen) atoms. The fourth-order valence-electron chi connectivity index (χ4n) is 6.28. The van der Waals surface area contributed by atoms with E-state index in [0.717, 1.165) is 44.7 Å². The van der Waals surface area contributed by atoms with Gasteiger partial charge in [-0.25, -0.2) is 0 Å². The molecule has 9 nitrogen and oxygen atoms in total. The second-order valence-corrected chi connectivity index (χ2v) is 10.8. The van der Waals surface area contributed by atoms with Gasteiger partial charge in [-0.15, -0.1) is 0 Å². The lowest BCUT2D eigenvalue weighted by Crippen LogP contribution is -2.60. The minimum Gasteiger partial charge on any atom is -0.377 e. The van der Waals surface area contributed by atoms with E-state index < -0.39 is 17.7 Å². The number of piperazine rings is 1. The summed E-state index contributed by atoms with van der Waals surface area (Å²) in [5.74, 6) is -0.548. The van der Waals surface area contributed by atoms with Gasteiger partial charge in [0.1, 0.15) is 30.4 Å². The number of carbonyl (C=O) groups is 3. The van der Waals surface area contributed by atoms with Gasteiger partial charge in [-0.3, -0.25) is 19.3 Å². The summed E-state index contributed by atoms with van der Waals surface area (Å²) in [6, 6.07) is 7.58. The van der Waals surface area contributed by atoms with Gasteiger partial charge in [-0.05, 0) is 51.0 Å². The molecule has 3 aliphatic heterocycles. The fraction of sp³-hybridized carbons (Fsp3) is 0.667. The van der Waals surface area contributed by atoms with Crippen LogP contribution in [0, 0.1) is 0 Å². The SMILES string of the molecule is CO[C@H]1CN(C(=O)C2(NC(=O)c3ccc(N4CCN(C(C)C)CC4)cc3)CCCC2)[C@@H]2C(=O)CO[C@H]12. The van der Waals surface area contributed by atoms with Gasteiger partial charge >= 0.3 is 0 Å². The molecule has 1 aromatic carbocycles. The third-order valence-corrected chi connectivity index (χ3v) is 8.46. The Bertz CT molecular complexity index is 982. The second kappa shape index (κ2) is 10.1. The molecule has 0 aromatic heterocycles. The first kappa shape index (κ1) is 25.2. The molecule has 1 aliphatic carbocycles. The topological polar surface area (TPSA) is 91.4 Å². The van der Waals surface area contributed by atoms with Crippen LogP contribution in [0.2, 0.25) is 0 Å². The smallest absolute Gasteiger partial charge is 0.252 e. The molecule has 3 atom stereocenters. The van der Waals surface area contributed by atoms with Crippen LogP contribution in [0.4, 0.5) is 5.69 Å². The number of methoxy groups -OCH3 is 1. The van der Waals surface area contributed by atoms with Gasteiger partial charge in [0, 0.05) is 50.6 Å². The summed E-state index contributed by atoms with van der Waals surface area (Å²) in [5, 5.41) is 3.09. The number of nitrogens with zero attached hydrogens (tertiary/aromatic N) is 3. The quantitative estimate of drug-likeness (QED) is 0.635. The Kier molecular flexibility index (Phi) is 7.07. The molecule has 3 saturated heterocycles. The molecule has 2 amide bonds. The molecule has 0 spiro atoms. The van der Waals surface area contributed by atoms with Crippen LogP contribution in [0.1, 0.15) is 49.9 Å². The van der Waals surface area contributed by atoms with Gasteiger partial charge in [-0.1, -0.05) is 12.8 Å². The molecule has 196 valence electrons. The minimum atomic E-state index is -1.00. The number of fused-ring (bicyclic) bond motifs is 1. The molecule has 1 N–H and O–H groups in total. The Morgan fingerprint density at radius 2 is 1.75 bits per heavy atom. The fourth-order valence-corrected chi connectivity index (χ4v) is 6.28. The summed E-state index contributed by atoms with van der Waals surface area (Å²) in [5.41, 5.74) is 0.641. The first-order chi connectivity index (χ1) is 17.3. The molecule has 0 unspecified atom stereocenters. The predicted molar refractivity (Wildman–Crippen MR) is 135 cm³/mol. The molecule has 0 radical (unpaired) electrons. The highest BCUT2D eigenvalue weighted by atomic mass is 16.5. The standard InChI is InChI=1S/C27H38N4O5/c1-18(2)29-12-14-30(15-13-29)20-8-6-19(7-9-20)25(33)28-27(10-4-5-11-27)26(34)31-16-22(35-3)24-23(31)21(32)17-36-24/h6-9,18,22-24H,4-5,10-17H2,1-3H3,(H,28,33)/t22-,23+,24+/m0/s1. The summed E-state index contributed by atoms with van der Waals surface area (Å²) in [6.45, 7) is 8.73. The Morgan fingerprint density at radius 3 is 2.36 bits per heavy atom. The average molecular weight is 499 g/mol. The molecule has 1 aromatic rings. The Labute approximate surface area is 213 Å². The van der Waals surface area contributed by atoms with E-state index in [0.29, 0.717) is 31.0 Å². The molecule has 4 aliphatic rings. The van der Waals surface area contributed by atoms with E-state index in [2.05, 4.69) is 29.0 Å². The number of ether oxygens (including phenoxy) is 2. The van der Waals surface area contributed by atoms with Crippen molar-refractivity contribution in [1.29, 1.82) is 0 Å². The molecule has 5 rings (SSSR count). The third kappa shape index (κ3) is 4.53.